The molecule has 0 aromatic heterocycles. The molecule has 2 unspecified atom stereocenters. The van der Waals surface area contributed by atoms with Crippen molar-refractivity contribution in [1.29, 1.82) is 5.26 Å². The second-order valence-electron chi connectivity index (χ2n) is 3.81. The van der Waals surface area contributed by atoms with Gasteiger partial charge in [-0.05, 0) is 31.4 Å². The van der Waals surface area contributed by atoms with Crippen LogP contribution in [0.4, 0.5) is 5.69 Å². The SMILES string of the molecule is CSc1ccc2c(c1)SC(CC#N)C(C)N2. The highest BCUT2D eigenvalue weighted by Gasteiger charge is 2.25. The molecule has 0 radical (unpaired) electrons. The number of hydrogen-bond donors (Lipinski definition) is 1. The maximum absolute atomic E-state index is 8.79. The lowest BCUT2D eigenvalue weighted by molar-refractivity contribution is 0.729. The van der Waals surface area contributed by atoms with Crippen molar-refractivity contribution in [3.63, 3.8) is 0 Å². The standard InChI is InChI=1S/C12H14N2S2/c1-8-11(5-6-13)16-12-7-9(15-2)3-4-10(12)14-8/h3-4,7-8,11,14H,5H2,1-2H3. The number of nitrogens with one attached hydrogen (secondary N) is 1. The van der Waals surface area contributed by atoms with Crippen LogP contribution in [-0.4, -0.2) is 17.5 Å². The first-order valence-corrected chi connectivity index (χ1v) is 7.33. The highest BCUT2D eigenvalue weighted by Crippen LogP contribution is 2.40. The van der Waals surface area contributed by atoms with Crippen LogP contribution >= 0.6 is 23.5 Å². The summed E-state index contributed by atoms with van der Waals surface area (Å²) in [6, 6.07) is 9.09. The molecule has 1 aromatic rings. The lowest BCUT2D eigenvalue weighted by atomic mass is 10.1. The third-order valence-corrected chi connectivity index (χ3v) is 4.90. The average Bonchev–Trinajstić information content (AvgIpc) is 2.30. The minimum Gasteiger partial charge on any atom is -0.381 e. The van der Waals surface area contributed by atoms with Crippen molar-refractivity contribution in [2.75, 3.05) is 11.6 Å². The van der Waals surface area contributed by atoms with Crippen LogP contribution < -0.4 is 5.32 Å². The van der Waals surface area contributed by atoms with E-state index < -0.39 is 0 Å². The molecular formula is C12H14N2S2. The van der Waals surface area contributed by atoms with Gasteiger partial charge in [-0.25, -0.2) is 0 Å². The van der Waals surface area contributed by atoms with E-state index in [4.69, 9.17) is 5.26 Å². The van der Waals surface area contributed by atoms with Crippen LogP contribution in [0.15, 0.2) is 28.0 Å². The molecule has 0 amide bonds. The third-order valence-electron chi connectivity index (χ3n) is 2.70. The first kappa shape index (κ1) is 11.7. The van der Waals surface area contributed by atoms with Crippen LogP contribution in [0.1, 0.15) is 13.3 Å². The van der Waals surface area contributed by atoms with Gasteiger partial charge in [-0.2, -0.15) is 5.26 Å². The molecular weight excluding hydrogens is 236 g/mol. The average molecular weight is 250 g/mol. The summed E-state index contributed by atoms with van der Waals surface area (Å²) >= 11 is 3.57. The van der Waals surface area contributed by atoms with Crippen LogP contribution in [0.25, 0.3) is 0 Å². The molecule has 0 saturated heterocycles. The van der Waals surface area contributed by atoms with Gasteiger partial charge in [0.2, 0.25) is 0 Å². The van der Waals surface area contributed by atoms with Gasteiger partial charge in [-0.15, -0.1) is 23.5 Å². The van der Waals surface area contributed by atoms with Gasteiger partial charge in [0.15, 0.2) is 0 Å². The Kier molecular flexibility index (Phi) is 3.67. The second-order valence-corrected chi connectivity index (χ2v) is 5.97. The summed E-state index contributed by atoms with van der Waals surface area (Å²) in [5, 5.41) is 12.6. The smallest absolute Gasteiger partial charge is 0.0634 e. The fraction of sp³-hybridized carbons (Fsp3) is 0.417. The van der Waals surface area contributed by atoms with Gasteiger partial charge in [0, 0.05) is 33.2 Å². The van der Waals surface area contributed by atoms with E-state index in [-0.39, 0.29) is 0 Å². The molecule has 2 rings (SSSR count). The molecule has 1 aromatic carbocycles. The van der Waals surface area contributed by atoms with Crippen LogP contribution in [0.2, 0.25) is 0 Å². The van der Waals surface area contributed by atoms with Gasteiger partial charge in [0.25, 0.3) is 0 Å². The van der Waals surface area contributed by atoms with Crippen molar-refractivity contribution >= 4 is 29.2 Å². The number of hydrogen-bond acceptors (Lipinski definition) is 4. The van der Waals surface area contributed by atoms with Gasteiger partial charge < -0.3 is 5.32 Å². The number of anilines is 1. The van der Waals surface area contributed by atoms with Gasteiger partial charge in [0.05, 0.1) is 6.07 Å². The Morgan fingerprint density at radius 1 is 1.56 bits per heavy atom. The highest BCUT2D eigenvalue weighted by molar-refractivity contribution is 8.00. The van der Waals surface area contributed by atoms with E-state index in [1.807, 2.05) is 11.8 Å². The lowest BCUT2D eigenvalue weighted by Crippen LogP contribution is -2.31. The normalized spacial score (nSPS) is 23.1. The van der Waals surface area contributed by atoms with Crippen molar-refractivity contribution < 1.29 is 0 Å². The Morgan fingerprint density at radius 2 is 2.38 bits per heavy atom. The zero-order chi connectivity index (χ0) is 11.5. The first-order valence-electron chi connectivity index (χ1n) is 5.22. The minimum absolute atomic E-state index is 0.356. The molecule has 0 fully saturated rings. The molecule has 1 N–H and O–H groups in total. The number of nitrogens with zero attached hydrogens (tertiary/aromatic N) is 1. The van der Waals surface area contributed by atoms with E-state index in [1.54, 1.807) is 11.8 Å². The van der Waals surface area contributed by atoms with Gasteiger partial charge in [-0.1, -0.05) is 0 Å². The summed E-state index contributed by atoms with van der Waals surface area (Å²) in [4.78, 5) is 2.54. The van der Waals surface area contributed by atoms with Gasteiger partial charge >= 0.3 is 0 Å². The van der Waals surface area contributed by atoms with Crippen LogP contribution in [0, 0.1) is 11.3 Å². The predicted molar refractivity (Wildman–Crippen MR) is 71.2 cm³/mol. The maximum Gasteiger partial charge on any atom is 0.0634 e. The number of fused-ring (bicyclic) bond motifs is 1. The van der Waals surface area contributed by atoms with Crippen LogP contribution in [0.3, 0.4) is 0 Å². The van der Waals surface area contributed by atoms with Crippen molar-refractivity contribution in [2.24, 2.45) is 0 Å². The van der Waals surface area contributed by atoms with E-state index in [9.17, 15) is 0 Å². The Hall–Kier alpha value is -0.790. The van der Waals surface area contributed by atoms with Gasteiger partial charge in [-0.3, -0.25) is 0 Å². The molecule has 2 nitrogen and oxygen atoms in total. The van der Waals surface area contributed by atoms with Crippen molar-refractivity contribution in [3.05, 3.63) is 18.2 Å². The molecule has 2 atom stereocenters. The Balaban J connectivity index is 2.26. The summed E-state index contributed by atoms with van der Waals surface area (Å²) < 4.78 is 0. The van der Waals surface area contributed by atoms with Crippen LogP contribution in [-0.2, 0) is 0 Å². The molecule has 1 aliphatic rings. The molecule has 1 aliphatic heterocycles. The maximum atomic E-state index is 8.79. The molecule has 1 heterocycles. The Morgan fingerprint density at radius 3 is 3.06 bits per heavy atom. The van der Waals surface area contributed by atoms with E-state index in [0.29, 0.717) is 17.7 Å². The minimum atomic E-state index is 0.356. The van der Waals surface area contributed by atoms with E-state index in [1.165, 1.54) is 15.5 Å². The van der Waals surface area contributed by atoms with Crippen LogP contribution in [0.5, 0.6) is 0 Å². The molecule has 4 heteroatoms. The van der Waals surface area contributed by atoms with E-state index in [2.05, 4.69) is 42.8 Å². The molecule has 0 saturated carbocycles. The summed E-state index contributed by atoms with van der Waals surface area (Å²) in [6.45, 7) is 2.14. The largest absolute Gasteiger partial charge is 0.381 e. The fourth-order valence-electron chi connectivity index (χ4n) is 1.76. The Bertz CT molecular complexity index is 426. The highest BCUT2D eigenvalue weighted by atomic mass is 32.2. The first-order chi connectivity index (χ1) is 7.74. The molecule has 0 aliphatic carbocycles. The zero-order valence-electron chi connectivity index (χ0n) is 9.36. The van der Waals surface area contributed by atoms with Crippen molar-refractivity contribution in [2.45, 2.75) is 34.4 Å². The second kappa shape index (κ2) is 5.03. The number of benzene rings is 1. The quantitative estimate of drug-likeness (QED) is 0.814. The monoisotopic (exact) mass is 250 g/mol. The summed E-state index contributed by atoms with van der Waals surface area (Å²) in [5.74, 6) is 0. The summed E-state index contributed by atoms with van der Waals surface area (Å²) in [6.07, 6.45) is 2.68. The number of rotatable bonds is 2. The van der Waals surface area contributed by atoms with E-state index >= 15 is 0 Å². The van der Waals surface area contributed by atoms with Crippen molar-refractivity contribution in [1.82, 2.24) is 0 Å². The third kappa shape index (κ3) is 2.31. The molecule has 84 valence electrons. The van der Waals surface area contributed by atoms with E-state index in [0.717, 1.165) is 0 Å². The lowest BCUT2D eigenvalue weighted by Gasteiger charge is -2.30. The Labute approximate surface area is 105 Å². The number of nitriles is 1. The molecule has 0 bridgehead atoms. The predicted octanol–water partition coefficient (Wildman–Crippen LogP) is 3.60. The topological polar surface area (TPSA) is 35.8 Å². The summed E-state index contributed by atoms with van der Waals surface area (Å²) in [5.41, 5.74) is 1.20. The zero-order valence-corrected chi connectivity index (χ0v) is 11.0. The molecule has 16 heavy (non-hydrogen) atoms. The van der Waals surface area contributed by atoms with Crippen molar-refractivity contribution in [3.8, 4) is 6.07 Å². The number of thioether (sulfide) groups is 2. The summed E-state index contributed by atoms with van der Waals surface area (Å²) in [7, 11) is 0. The molecule has 0 spiro atoms. The van der Waals surface area contributed by atoms with Gasteiger partial charge in [0.1, 0.15) is 0 Å². The fourth-order valence-corrected chi connectivity index (χ4v) is 3.48.